The molecule has 0 bridgehead atoms. The Bertz CT molecular complexity index is 829. The third-order valence-electron chi connectivity index (χ3n) is 5.60. The molecule has 1 heteroatoms. The van der Waals surface area contributed by atoms with E-state index in [2.05, 4.69) is 96.5 Å². The lowest BCUT2D eigenvalue weighted by molar-refractivity contribution is -0.511. The molecule has 0 radical (unpaired) electrons. The first-order chi connectivity index (χ1) is 11.5. The standard InChI is InChI=1S/C24H34N/c1-16(2)19-10-9-18-11-12-20(17(3)4)22(21(18)13-19)25-15-23(5,6)14-24(25,7)8/h9-13,15-17H,14H2,1-8H3/q+1. The van der Waals surface area contributed by atoms with Gasteiger partial charge in [-0.1, -0.05) is 65.8 Å². The second-order valence-corrected chi connectivity index (χ2v) is 9.77. The fourth-order valence-corrected chi connectivity index (χ4v) is 4.57. The van der Waals surface area contributed by atoms with Crippen LogP contribution in [0.25, 0.3) is 10.8 Å². The van der Waals surface area contributed by atoms with Crippen molar-refractivity contribution in [1.29, 1.82) is 0 Å². The molecule has 0 atom stereocenters. The van der Waals surface area contributed by atoms with Crippen molar-refractivity contribution in [3.63, 3.8) is 0 Å². The van der Waals surface area contributed by atoms with Crippen molar-refractivity contribution in [3.05, 3.63) is 41.5 Å². The van der Waals surface area contributed by atoms with Crippen molar-refractivity contribution >= 4 is 22.7 Å². The van der Waals surface area contributed by atoms with Gasteiger partial charge in [0.2, 0.25) is 5.69 Å². The van der Waals surface area contributed by atoms with Crippen LogP contribution < -0.4 is 0 Å². The van der Waals surface area contributed by atoms with Crippen molar-refractivity contribution in [2.75, 3.05) is 0 Å². The number of hydrogen-bond donors (Lipinski definition) is 0. The van der Waals surface area contributed by atoms with Gasteiger partial charge in [-0.2, -0.15) is 4.58 Å². The van der Waals surface area contributed by atoms with Crippen molar-refractivity contribution in [2.24, 2.45) is 5.41 Å². The lowest BCUT2D eigenvalue weighted by Crippen LogP contribution is -2.30. The van der Waals surface area contributed by atoms with Gasteiger partial charge in [-0.05, 0) is 28.9 Å². The maximum Gasteiger partial charge on any atom is 0.216 e. The smallest absolute Gasteiger partial charge is 0.197 e. The van der Waals surface area contributed by atoms with Gasteiger partial charge in [0, 0.05) is 31.2 Å². The zero-order valence-electron chi connectivity index (χ0n) is 17.3. The minimum absolute atomic E-state index is 0.134. The van der Waals surface area contributed by atoms with Gasteiger partial charge in [-0.25, -0.2) is 0 Å². The van der Waals surface area contributed by atoms with Gasteiger partial charge < -0.3 is 0 Å². The van der Waals surface area contributed by atoms with Crippen LogP contribution in [0.4, 0.5) is 5.69 Å². The summed E-state index contributed by atoms with van der Waals surface area (Å²) in [7, 11) is 0. The average molecular weight is 337 g/mol. The van der Waals surface area contributed by atoms with Crippen LogP contribution in [0.2, 0.25) is 0 Å². The molecule has 0 aromatic heterocycles. The summed E-state index contributed by atoms with van der Waals surface area (Å²) in [5.41, 5.74) is 4.66. The Balaban J connectivity index is 2.38. The molecule has 0 saturated carbocycles. The van der Waals surface area contributed by atoms with Gasteiger partial charge in [0.1, 0.15) is 0 Å². The van der Waals surface area contributed by atoms with Gasteiger partial charge in [0.05, 0.1) is 5.39 Å². The molecule has 3 rings (SSSR count). The van der Waals surface area contributed by atoms with E-state index in [1.54, 1.807) is 0 Å². The highest BCUT2D eigenvalue weighted by atomic mass is 15.1. The summed E-state index contributed by atoms with van der Waals surface area (Å²) >= 11 is 0. The largest absolute Gasteiger partial charge is 0.216 e. The molecule has 0 fully saturated rings. The summed E-state index contributed by atoms with van der Waals surface area (Å²) in [4.78, 5) is 0. The first kappa shape index (κ1) is 18.2. The van der Waals surface area contributed by atoms with E-state index in [-0.39, 0.29) is 11.0 Å². The second-order valence-electron chi connectivity index (χ2n) is 9.77. The predicted molar refractivity (Wildman–Crippen MR) is 111 cm³/mol. The fraction of sp³-hybridized carbons (Fsp3) is 0.542. The van der Waals surface area contributed by atoms with Crippen LogP contribution >= 0.6 is 0 Å². The Kier molecular flexibility index (Phi) is 4.34. The Morgan fingerprint density at radius 3 is 2.04 bits per heavy atom. The highest BCUT2D eigenvalue weighted by Gasteiger charge is 2.47. The van der Waals surface area contributed by atoms with Crippen LogP contribution in [0, 0.1) is 5.41 Å². The molecule has 0 aliphatic carbocycles. The van der Waals surface area contributed by atoms with Crippen molar-refractivity contribution in [1.82, 2.24) is 0 Å². The average Bonchev–Trinajstić information content (AvgIpc) is 2.72. The Labute approximate surface area is 153 Å². The maximum absolute atomic E-state index is 2.58. The predicted octanol–water partition coefficient (Wildman–Crippen LogP) is 7.01. The monoisotopic (exact) mass is 336 g/mol. The summed E-state index contributed by atoms with van der Waals surface area (Å²) in [6, 6.07) is 11.6. The van der Waals surface area contributed by atoms with Crippen molar-refractivity contribution < 1.29 is 4.58 Å². The molecule has 1 heterocycles. The molecule has 2 aromatic carbocycles. The van der Waals surface area contributed by atoms with E-state index < -0.39 is 0 Å². The van der Waals surface area contributed by atoms with Crippen molar-refractivity contribution in [3.8, 4) is 0 Å². The lowest BCUT2D eigenvalue weighted by Gasteiger charge is -2.22. The SMILES string of the molecule is CC(C)c1ccc2ccc(C(C)C)c([N+]3=CC(C)(C)CC3(C)C)c2c1. The third-order valence-corrected chi connectivity index (χ3v) is 5.60. The van der Waals surface area contributed by atoms with Crippen LogP contribution in [-0.2, 0) is 0 Å². The van der Waals surface area contributed by atoms with Gasteiger partial charge >= 0.3 is 0 Å². The second kappa shape index (κ2) is 5.97. The molecule has 1 aliphatic heterocycles. The molecule has 0 unspecified atom stereocenters. The normalized spacial score (nSPS) is 19.0. The number of rotatable bonds is 3. The first-order valence-corrected chi connectivity index (χ1v) is 9.74. The van der Waals surface area contributed by atoms with Gasteiger partial charge in [-0.3, -0.25) is 0 Å². The van der Waals surface area contributed by atoms with Gasteiger partial charge in [-0.15, -0.1) is 0 Å². The lowest BCUT2D eigenvalue weighted by atomic mass is 9.85. The van der Waals surface area contributed by atoms with E-state index in [9.17, 15) is 0 Å². The molecule has 134 valence electrons. The quantitative estimate of drug-likeness (QED) is 0.530. The molecular formula is C24H34N+. The minimum Gasteiger partial charge on any atom is -0.197 e. The summed E-state index contributed by atoms with van der Waals surface area (Å²) in [5, 5.41) is 2.75. The van der Waals surface area contributed by atoms with Crippen LogP contribution in [-0.4, -0.2) is 16.3 Å². The molecule has 1 nitrogen and oxygen atoms in total. The molecule has 0 N–H and O–H groups in total. The molecule has 0 amide bonds. The van der Waals surface area contributed by atoms with Crippen LogP contribution in [0.15, 0.2) is 30.3 Å². The van der Waals surface area contributed by atoms with Crippen LogP contribution in [0.3, 0.4) is 0 Å². The molecule has 0 saturated heterocycles. The van der Waals surface area contributed by atoms with Gasteiger partial charge in [0.25, 0.3) is 0 Å². The van der Waals surface area contributed by atoms with E-state index >= 15 is 0 Å². The topological polar surface area (TPSA) is 3.01 Å². The number of hydrogen-bond acceptors (Lipinski definition) is 0. The molecule has 2 aromatic rings. The highest BCUT2D eigenvalue weighted by Crippen LogP contribution is 2.44. The summed E-state index contributed by atoms with van der Waals surface area (Å²) in [5.74, 6) is 1.06. The van der Waals surface area contributed by atoms with E-state index in [1.807, 2.05) is 0 Å². The number of benzene rings is 2. The van der Waals surface area contributed by atoms with E-state index in [0.717, 1.165) is 0 Å². The Hall–Kier alpha value is -1.63. The fourth-order valence-electron chi connectivity index (χ4n) is 4.57. The highest BCUT2D eigenvalue weighted by molar-refractivity contribution is 5.94. The molecule has 1 aliphatic rings. The summed E-state index contributed by atoms with van der Waals surface area (Å²) in [6.07, 6.45) is 3.65. The van der Waals surface area contributed by atoms with Crippen LogP contribution in [0.1, 0.15) is 84.8 Å². The van der Waals surface area contributed by atoms with Gasteiger partial charge in [0.15, 0.2) is 11.8 Å². The molecular weight excluding hydrogens is 302 g/mol. The first-order valence-electron chi connectivity index (χ1n) is 9.74. The summed E-state index contributed by atoms with van der Waals surface area (Å²) in [6.45, 7) is 18.7. The molecule has 0 spiro atoms. The Morgan fingerprint density at radius 2 is 1.52 bits per heavy atom. The third kappa shape index (κ3) is 3.26. The number of nitrogens with zero attached hydrogens (tertiary/aromatic N) is 1. The van der Waals surface area contributed by atoms with Crippen LogP contribution in [0.5, 0.6) is 0 Å². The number of fused-ring (bicyclic) bond motifs is 1. The van der Waals surface area contributed by atoms with E-state index in [1.165, 1.54) is 34.0 Å². The molecule has 25 heavy (non-hydrogen) atoms. The maximum atomic E-state index is 2.58. The zero-order chi connectivity index (χ0) is 18.6. The summed E-state index contributed by atoms with van der Waals surface area (Å²) < 4.78 is 2.58. The van der Waals surface area contributed by atoms with E-state index in [0.29, 0.717) is 11.8 Å². The zero-order valence-corrected chi connectivity index (χ0v) is 17.3. The minimum atomic E-state index is 0.134. The van der Waals surface area contributed by atoms with E-state index in [4.69, 9.17) is 0 Å². The van der Waals surface area contributed by atoms with Crippen molar-refractivity contribution in [2.45, 2.75) is 79.2 Å². The Morgan fingerprint density at radius 1 is 0.880 bits per heavy atom.